The topological polar surface area (TPSA) is 95.9 Å². The van der Waals surface area contributed by atoms with Crippen LogP contribution in [-0.2, 0) is 14.3 Å². The number of aliphatic carboxylic acids is 1. The van der Waals surface area contributed by atoms with Crippen molar-refractivity contribution in [3.8, 4) is 0 Å². The minimum Gasteiger partial charge on any atom is -0.479 e. The van der Waals surface area contributed by atoms with E-state index in [9.17, 15) is 14.7 Å². The Bertz CT molecular complexity index is 302. The van der Waals surface area contributed by atoms with E-state index in [-0.39, 0.29) is 24.5 Å². The minimum absolute atomic E-state index is 0.107. The van der Waals surface area contributed by atoms with Gasteiger partial charge in [0, 0.05) is 6.61 Å². The van der Waals surface area contributed by atoms with Crippen molar-refractivity contribution >= 4 is 11.9 Å². The number of carboxylic acids is 1. The fraction of sp³-hybridized carbons (Fsp3) is 0.818. The highest BCUT2D eigenvalue weighted by Crippen LogP contribution is 2.23. The zero-order valence-electron chi connectivity index (χ0n) is 10.1. The van der Waals surface area contributed by atoms with Gasteiger partial charge in [-0.25, -0.2) is 4.79 Å². The predicted octanol–water partition coefficient (Wildman–Crippen LogP) is -0.247. The van der Waals surface area contributed by atoms with E-state index in [1.807, 2.05) is 6.92 Å². The monoisotopic (exact) mass is 245 g/mol. The number of hydrogen-bond donors (Lipinski definition) is 3. The molecule has 0 aromatic carbocycles. The van der Waals surface area contributed by atoms with E-state index in [0.717, 1.165) is 13.3 Å². The SMILES string of the molecule is CCC1OCCC1C(=O)NCC(C)(O)C(=O)O. The van der Waals surface area contributed by atoms with Gasteiger partial charge < -0.3 is 20.3 Å². The average Bonchev–Trinajstić information content (AvgIpc) is 2.73. The number of aliphatic hydroxyl groups is 1. The number of carbonyl (C=O) groups excluding carboxylic acids is 1. The molecule has 98 valence electrons. The Morgan fingerprint density at radius 1 is 1.53 bits per heavy atom. The van der Waals surface area contributed by atoms with E-state index < -0.39 is 11.6 Å². The lowest BCUT2D eigenvalue weighted by Gasteiger charge is -2.21. The first kappa shape index (κ1) is 13.9. The van der Waals surface area contributed by atoms with Crippen LogP contribution in [0.1, 0.15) is 26.7 Å². The Kier molecular flexibility index (Phi) is 4.47. The number of carboxylic acid groups (broad SMARTS) is 1. The molecule has 3 atom stereocenters. The van der Waals surface area contributed by atoms with Gasteiger partial charge in [-0.3, -0.25) is 4.79 Å². The van der Waals surface area contributed by atoms with E-state index in [0.29, 0.717) is 13.0 Å². The van der Waals surface area contributed by atoms with Crippen LogP contribution in [0.5, 0.6) is 0 Å². The van der Waals surface area contributed by atoms with Crippen molar-refractivity contribution in [3.63, 3.8) is 0 Å². The molecule has 0 spiro atoms. The maximum absolute atomic E-state index is 11.8. The van der Waals surface area contributed by atoms with Crippen molar-refractivity contribution < 1.29 is 24.5 Å². The summed E-state index contributed by atoms with van der Waals surface area (Å²) in [5, 5.41) is 20.6. The molecule has 1 amide bonds. The molecule has 1 rings (SSSR count). The Balaban J connectivity index is 2.47. The molecular weight excluding hydrogens is 226 g/mol. The van der Waals surface area contributed by atoms with Crippen molar-refractivity contribution in [1.82, 2.24) is 5.32 Å². The number of amides is 1. The van der Waals surface area contributed by atoms with E-state index in [1.54, 1.807) is 0 Å². The Morgan fingerprint density at radius 3 is 2.71 bits per heavy atom. The van der Waals surface area contributed by atoms with Gasteiger partial charge >= 0.3 is 5.97 Å². The third-order valence-corrected chi connectivity index (χ3v) is 3.02. The zero-order chi connectivity index (χ0) is 13.1. The lowest BCUT2D eigenvalue weighted by Crippen LogP contribution is -2.48. The quantitative estimate of drug-likeness (QED) is 0.621. The highest BCUT2D eigenvalue weighted by atomic mass is 16.5. The number of hydrogen-bond acceptors (Lipinski definition) is 4. The van der Waals surface area contributed by atoms with Crippen LogP contribution in [0.4, 0.5) is 0 Å². The number of rotatable bonds is 5. The van der Waals surface area contributed by atoms with E-state index in [4.69, 9.17) is 9.84 Å². The van der Waals surface area contributed by atoms with E-state index >= 15 is 0 Å². The first-order valence-electron chi connectivity index (χ1n) is 5.73. The zero-order valence-corrected chi connectivity index (χ0v) is 10.1. The Hall–Kier alpha value is -1.14. The summed E-state index contributed by atoms with van der Waals surface area (Å²) in [6, 6.07) is 0. The standard InChI is InChI=1S/C11H19NO5/c1-3-8-7(4-5-17-8)9(13)12-6-11(2,16)10(14)15/h7-8,16H,3-6H2,1-2H3,(H,12,13)(H,14,15). The summed E-state index contributed by atoms with van der Waals surface area (Å²) >= 11 is 0. The molecule has 0 aromatic rings. The molecule has 0 bridgehead atoms. The molecule has 1 aliphatic rings. The van der Waals surface area contributed by atoms with Crippen LogP contribution in [0.3, 0.4) is 0 Å². The summed E-state index contributed by atoms with van der Waals surface area (Å²) in [5.74, 6) is -1.85. The van der Waals surface area contributed by atoms with Crippen LogP contribution in [0.15, 0.2) is 0 Å². The average molecular weight is 245 g/mol. The third kappa shape index (κ3) is 3.41. The summed E-state index contributed by atoms with van der Waals surface area (Å²) in [5.41, 5.74) is -1.93. The van der Waals surface area contributed by atoms with Gasteiger partial charge in [-0.2, -0.15) is 0 Å². The second kappa shape index (κ2) is 5.46. The lowest BCUT2D eigenvalue weighted by atomic mass is 9.98. The second-order valence-electron chi connectivity index (χ2n) is 4.51. The second-order valence-corrected chi connectivity index (χ2v) is 4.51. The van der Waals surface area contributed by atoms with E-state index in [2.05, 4.69) is 5.32 Å². The highest BCUT2D eigenvalue weighted by molar-refractivity contribution is 5.82. The molecule has 6 heteroatoms. The van der Waals surface area contributed by atoms with Crippen molar-refractivity contribution in [2.45, 2.75) is 38.4 Å². The number of nitrogens with one attached hydrogen (secondary N) is 1. The van der Waals surface area contributed by atoms with Crippen LogP contribution in [0.2, 0.25) is 0 Å². The van der Waals surface area contributed by atoms with Gasteiger partial charge in [-0.05, 0) is 19.8 Å². The van der Waals surface area contributed by atoms with Gasteiger partial charge in [0.2, 0.25) is 5.91 Å². The van der Waals surface area contributed by atoms with Crippen molar-refractivity contribution in [3.05, 3.63) is 0 Å². The summed E-state index contributed by atoms with van der Waals surface area (Å²) < 4.78 is 5.38. The first-order chi connectivity index (χ1) is 7.88. The minimum atomic E-state index is -1.93. The number of ether oxygens (including phenoxy) is 1. The van der Waals surface area contributed by atoms with Crippen molar-refractivity contribution in [1.29, 1.82) is 0 Å². The molecule has 0 saturated carbocycles. The van der Waals surface area contributed by atoms with E-state index in [1.165, 1.54) is 0 Å². The smallest absolute Gasteiger partial charge is 0.337 e. The number of carbonyl (C=O) groups is 2. The molecular formula is C11H19NO5. The summed E-state index contributed by atoms with van der Waals surface area (Å²) in [6.45, 7) is 3.34. The molecule has 6 nitrogen and oxygen atoms in total. The summed E-state index contributed by atoms with van der Waals surface area (Å²) in [4.78, 5) is 22.4. The fourth-order valence-corrected chi connectivity index (χ4v) is 1.82. The van der Waals surface area contributed by atoms with Crippen LogP contribution < -0.4 is 5.32 Å². The summed E-state index contributed by atoms with van der Waals surface area (Å²) in [7, 11) is 0. The van der Waals surface area contributed by atoms with Gasteiger partial charge in [0.15, 0.2) is 5.60 Å². The highest BCUT2D eigenvalue weighted by Gasteiger charge is 2.35. The molecule has 0 radical (unpaired) electrons. The molecule has 0 aromatic heterocycles. The van der Waals surface area contributed by atoms with Gasteiger partial charge in [-0.1, -0.05) is 6.92 Å². The normalized spacial score (nSPS) is 27.5. The van der Waals surface area contributed by atoms with Gasteiger partial charge in [0.1, 0.15) is 0 Å². The molecule has 1 saturated heterocycles. The third-order valence-electron chi connectivity index (χ3n) is 3.02. The maximum Gasteiger partial charge on any atom is 0.337 e. The molecule has 3 unspecified atom stereocenters. The van der Waals surface area contributed by atoms with Gasteiger partial charge in [-0.15, -0.1) is 0 Å². The molecule has 0 aliphatic carbocycles. The fourth-order valence-electron chi connectivity index (χ4n) is 1.82. The molecule has 1 aliphatic heterocycles. The Morgan fingerprint density at radius 2 is 2.18 bits per heavy atom. The molecule has 3 N–H and O–H groups in total. The van der Waals surface area contributed by atoms with Gasteiger partial charge in [0.05, 0.1) is 18.6 Å². The van der Waals surface area contributed by atoms with Crippen LogP contribution in [0.25, 0.3) is 0 Å². The largest absolute Gasteiger partial charge is 0.479 e. The van der Waals surface area contributed by atoms with Crippen LogP contribution >= 0.6 is 0 Å². The lowest BCUT2D eigenvalue weighted by molar-refractivity contribution is -0.156. The van der Waals surface area contributed by atoms with Gasteiger partial charge in [0.25, 0.3) is 0 Å². The predicted molar refractivity (Wildman–Crippen MR) is 59.4 cm³/mol. The van der Waals surface area contributed by atoms with Crippen LogP contribution in [-0.4, -0.2) is 46.9 Å². The molecule has 1 fully saturated rings. The van der Waals surface area contributed by atoms with Crippen LogP contribution in [0, 0.1) is 5.92 Å². The van der Waals surface area contributed by atoms with Crippen molar-refractivity contribution in [2.24, 2.45) is 5.92 Å². The molecule has 1 heterocycles. The summed E-state index contributed by atoms with van der Waals surface area (Å²) in [6.07, 6.45) is 1.28. The first-order valence-corrected chi connectivity index (χ1v) is 5.73. The Labute approximate surface area is 100.0 Å². The maximum atomic E-state index is 11.8. The molecule has 17 heavy (non-hydrogen) atoms. The van der Waals surface area contributed by atoms with Crippen molar-refractivity contribution in [2.75, 3.05) is 13.2 Å².